The van der Waals surface area contributed by atoms with Gasteiger partial charge in [-0.3, -0.25) is 4.79 Å². The van der Waals surface area contributed by atoms with Crippen LogP contribution in [0.25, 0.3) is 0 Å². The molecule has 1 aliphatic heterocycles. The van der Waals surface area contributed by atoms with E-state index in [1.54, 1.807) is 4.90 Å². The zero-order valence-electron chi connectivity index (χ0n) is 12.2. The van der Waals surface area contributed by atoms with E-state index in [1.807, 2.05) is 25.1 Å². The van der Waals surface area contributed by atoms with Crippen LogP contribution < -0.4 is 10.2 Å². The summed E-state index contributed by atoms with van der Waals surface area (Å²) in [6.07, 6.45) is 5.94. The van der Waals surface area contributed by atoms with Gasteiger partial charge >= 0.3 is 0 Å². The third-order valence-electron chi connectivity index (χ3n) is 3.96. The molecule has 0 saturated carbocycles. The van der Waals surface area contributed by atoms with Gasteiger partial charge in [-0.15, -0.1) is 0 Å². The number of hydrogen-bond donors (Lipinski definition) is 2. The number of rotatable bonds is 4. The second-order valence-electron chi connectivity index (χ2n) is 5.68. The second-order valence-corrected chi connectivity index (χ2v) is 6.53. The van der Waals surface area contributed by atoms with E-state index in [-0.39, 0.29) is 5.91 Å². The number of halogens is 1. The summed E-state index contributed by atoms with van der Waals surface area (Å²) in [5.74, 6) is 0.128. The fraction of sp³-hybridized carbons (Fsp3) is 0.562. The number of nitrogens with one attached hydrogen (secondary N) is 2. The third-order valence-corrected chi connectivity index (χ3v) is 4.85. The Morgan fingerprint density at radius 3 is 2.60 bits per heavy atom. The summed E-state index contributed by atoms with van der Waals surface area (Å²) < 4.78 is 1.07. The van der Waals surface area contributed by atoms with Crippen molar-refractivity contribution in [2.24, 2.45) is 0 Å². The summed E-state index contributed by atoms with van der Waals surface area (Å²) >= 11 is 3.47. The van der Waals surface area contributed by atoms with E-state index in [0.29, 0.717) is 6.42 Å². The molecule has 3 nitrogen and oxygen atoms in total. The number of carbonyl (C=O) groups is 1. The smallest absolute Gasteiger partial charge is 0.230 e. The maximum atomic E-state index is 12.0. The van der Waals surface area contributed by atoms with E-state index in [9.17, 15) is 4.79 Å². The summed E-state index contributed by atoms with van der Waals surface area (Å²) in [7, 11) is 0. The van der Waals surface area contributed by atoms with Gasteiger partial charge in [0.15, 0.2) is 0 Å². The van der Waals surface area contributed by atoms with Gasteiger partial charge in [-0.05, 0) is 56.4 Å². The van der Waals surface area contributed by atoms with Crippen molar-refractivity contribution in [3.8, 4) is 0 Å². The molecule has 0 spiro atoms. The van der Waals surface area contributed by atoms with Crippen LogP contribution in [0.4, 0.5) is 5.69 Å². The van der Waals surface area contributed by atoms with Crippen LogP contribution in [0.3, 0.4) is 0 Å². The first-order valence-corrected chi connectivity index (χ1v) is 8.34. The number of likely N-dealkylation sites (tertiary alicyclic amines) is 1. The van der Waals surface area contributed by atoms with Crippen molar-refractivity contribution in [3.63, 3.8) is 0 Å². The van der Waals surface area contributed by atoms with Crippen LogP contribution in [0.15, 0.2) is 22.7 Å². The minimum atomic E-state index is 0.128. The lowest BCUT2D eigenvalue weighted by molar-refractivity contribution is -0.898. The van der Waals surface area contributed by atoms with Gasteiger partial charge < -0.3 is 10.2 Å². The fourth-order valence-electron chi connectivity index (χ4n) is 2.71. The Hall–Kier alpha value is -0.870. The molecule has 110 valence electrons. The van der Waals surface area contributed by atoms with E-state index in [2.05, 4.69) is 21.2 Å². The first kappa shape index (κ1) is 15.5. The maximum Gasteiger partial charge on any atom is 0.230 e. The van der Waals surface area contributed by atoms with Gasteiger partial charge in [0.25, 0.3) is 0 Å². The van der Waals surface area contributed by atoms with Crippen LogP contribution >= 0.6 is 15.9 Å². The molecule has 2 N–H and O–H groups in total. The molecular weight excluding hydrogens is 316 g/mol. The highest BCUT2D eigenvalue weighted by molar-refractivity contribution is 9.10. The third kappa shape index (κ3) is 4.91. The van der Waals surface area contributed by atoms with Crippen molar-refractivity contribution in [1.82, 2.24) is 0 Å². The average Bonchev–Trinajstić information content (AvgIpc) is 2.69. The standard InChI is InChI=1S/C16H23BrN2O/c1-13-12-14(6-7-15(13)17)18-16(20)8-11-19-9-4-2-3-5-10-19/h6-7,12H,2-5,8-11H2,1H3,(H,18,20)/p+1. The minimum absolute atomic E-state index is 0.128. The van der Waals surface area contributed by atoms with Gasteiger partial charge in [0.2, 0.25) is 5.91 Å². The van der Waals surface area contributed by atoms with Crippen molar-refractivity contribution in [2.75, 3.05) is 25.0 Å². The maximum absolute atomic E-state index is 12.0. The van der Waals surface area contributed by atoms with Crippen molar-refractivity contribution < 1.29 is 9.69 Å². The summed E-state index contributed by atoms with van der Waals surface area (Å²) in [6.45, 7) is 5.44. The van der Waals surface area contributed by atoms with Gasteiger partial charge in [-0.1, -0.05) is 15.9 Å². The predicted molar refractivity (Wildman–Crippen MR) is 86.2 cm³/mol. The molecule has 20 heavy (non-hydrogen) atoms. The van der Waals surface area contributed by atoms with E-state index in [0.717, 1.165) is 22.3 Å². The lowest BCUT2D eigenvalue weighted by Gasteiger charge is -2.16. The highest BCUT2D eigenvalue weighted by atomic mass is 79.9. The average molecular weight is 340 g/mol. The molecule has 0 atom stereocenters. The molecule has 4 heteroatoms. The number of amides is 1. The molecule has 1 aliphatic rings. The lowest BCUT2D eigenvalue weighted by Crippen LogP contribution is -3.12. The largest absolute Gasteiger partial charge is 0.335 e. The Labute approximate surface area is 129 Å². The van der Waals surface area contributed by atoms with Crippen LogP contribution in [-0.2, 0) is 4.79 Å². The Bertz CT molecular complexity index is 454. The first-order chi connectivity index (χ1) is 9.65. The molecular formula is C16H24BrN2O+. The fourth-order valence-corrected chi connectivity index (χ4v) is 2.96. The number of anilines is 1. The molecule has 1 saturated heterocycles. The zero-order chi connectivity index (χ0) is 14.4. The highest BCUT2D eigenvalue weighted by Gasteiger charge is 2.14. The number of carbonyl (C=O) groups excluding carboxylic acids is 1. The monoisotopic (exact) mass is 339 g/mol. The van der Waals surface area contributed by atoms with E-state index < -0.39 is 0 Å². The zero-order valence-corrected chi connectivity index (χ0v) is 13.8. The van der Waals surface area contributed by atoms with Crippen LogP contribution in [0.1, 0.15) is 37.7 Å². The molecule has 1 amide bonds. The van der Waals surface area contributed by atoms with Crippen LogP contribution in [0.2, 0.25) is 0 Å². The SMILES string of the molecule is Cc1cc(NC(=O)CC[NH+]2CCCCCC2)ccc1Br. The molecule has 0 aliphatic carbocycles. The summed E-state index contributed by atoms with van der Waals surface area (Å²) in [4.78, 5) is 13.6. The van der Waals surface area contributed by atoms with Crippen molar-refractivity contribution in [3.05, 3.63) is 28.2 Å². The first-order valence-electron chi connectivity index (χ1n) is 7.55. The highest BCUT2D eigenvalue weighted by Crippen LogP contribution is 2.19. The number of benzene rings is 1. The quantitative estimate of drug-likeness (QED) is 0.868. The Morgan fingerprint density at radius 2 is 1.95 bits per heavy atom. The molecule has 0 aromatic heterocycles. The van der Waals surface area contributed by atoms with Crippen molar-refractivity contribution in [2.45, 2.75) is 39.0 Å². The molecule has 1 aromatic carbocycles. The van der Waals surface area contributed by atoms with Gasteiger partial charge in [-0.25, -0.2) is 0 Å². The Kier molecular flexibility index (Phi) is 6.05. The van der Waals surface area contributed by atoms with E-state index in [1.165, 1.54) is 38.8 Å². The molecule has 0 unspecified atom stereocenters. The molecule has 0 bridgehead atoms. The van der Waals surface area contributed by atoms with E-state index in [4.69, 9.17) is 0 Å². The van der Waals surface area contributed by atoms with Crippen LogP contribution in [-0.4, -0.2) is 25.5 Å². The van der Waals surface area contributed by atoms with Crippen molar-refractivity contribution >= 4 is 27.5 Å². The molecule has 1 aromatic rings. The summed E-state index contributed by atoms with van der Waals surface area (Å²) in [6, 6.07) is 5.92. The van der Waals surface area contributed by atoms with Gasteiger partial charge in [0, 0.05) is 10.2 Å². The Balaban J connectivity index is 1.78. The molecule has 2 rings (SSSR count). The number of hydrogen-bond acceptors (Lipinski definition) is 1. The van der Waals surface area contributed by atoms with Crippen molar-refractivity contribution in [1.29, 1.82) is 0 Å². The second kappa shape index (κ2) is 7.79. The topological polar surface area (TPSA) is 33.5 Å². The summed E-state index contributed by atoms with van der Waals surface area (Å²) in [5, 5.41) is 2.99. The molecule has 0 radical (unpaired) electrons. The molecule has 1 heterocycles. The van der Waals surface area contributed by atoms with Gasteiger partial charge in [0.05, 0.1) is 26.1 Å². The van der Waals surface area contributed by atoms with E-state index >= 15 is 0 Å². The molecule has 1 fully saturated rings. The van der Waals surface area contributed by atoms with Crippen LogP contribution in [0, 0.1) is 6.92 Å². The van der Waals surface area contributed by atoms with Gasteiger partial charge in [0.1, 0.15) is 0 Å². The number of aryl methyl sites for hydroxylation is 1. The predicted octanol–water partition coefficient (Wildman–Crippen LogP) is 2.55. The lowest BCUT2D eigenvalue weighted by atomic mass is 10.2. The number of quaternary nitrogens is 1. The van der Waals surface area contributed by atoms with Crippen LogP contribution in [0.5, 0.6) is 0 Å². The minimum Gasteiger partial charge on any atom is -0.335 e. The summed E-state index contributed by atoms with van der Waals surface area (Å²) in [5.41, 5.74) is 2.03. The Morgan fingerprint density at radius 1 is 1.25 bits per heavy atom. The van der Waals surface area contributed by atoms with Gasteiger partial charge in [-0.2, -0.15) is 0 Å². The normalized spacial score (nSPS) is 16.7.